The minimum absolute atomic E-state index is 0. The molecule has 7 nitrogen and oxygen atoms in total. The van der Waals surface area contributed by atoms with Crippen molar-refractivity contribution in [1.29, 1.82) is 0 Å². The second kappa shape index (κ2) is 10.9. The molecule has 0 radical (unpaired) electrons. The Morgan fingerprint density at radius 3 is 2.66 bits per heavy atom. The summed E-state index contributed by atoms with van der Waals surface area (Å²) < 4.78 is 24.9. The van der Waals surface area contributed by atoms with Gasteiger partial charge in [0.15, 0.2) is 12.2 Å². The third-order valence-electron chi connectivity index (χ3n) is 7.92. The van der Waals surface area contributed by atoms with Gasteiger partial charge in [0.05, 0.1) is 25.7 Å². The lowest BCUT2D eigenvalue weighted by Crippen LogP contribution is -3.00. The summed E-state index contributed by atoms with van der Waals surface area (Å²) in [6.07, 6.45) is 4.43. The van der Waals surface area contributed by atoms with Crippen LogP contribution in [0, 0.1) is 11.8 Å². The molecule has 1 saturated carbocycles. The van der Waals surface area contributed by atoms with Gasteiger partial charge in [0.2, 0.25) is 9.70 Å². The van der Waals surface area contributed by atoms with Gasteiger partial charge in [0.1, 0.15) is 17.8 Å². The SMILES string of the molecule is CCC1=C[N+](=C(OCC(Cl)(Cl)Cl)O[Si](C)(C)C)[C@H]2C[C@@]3(C(=O)Nc4cc(OC)ccc43)[C@H]3C[C@@H]1[C@@H]2CO3.[I-]. The number of methoxy groups -OCH3 is 1. The van der Waals surface area contributed by atoms with Gasteiger partial charge in [-0.05, 0) is 55.6 Å². The molecule has 3 fully saturated rings. The average Bonchev–Trinajstić information content (AvgIpc) is 2.93. The van der Waals surface area contributed by atoms with E-state index >= 15 is 0 Å². The number of rotatable bonds is 4. The zero-order valence-corrected chi connectivity index (χ0v) is 27.6. The summed E-state index contributed by atoms with van der Waals surface area (Å²) in [5.74, 6) is 1.13. The minimum Gasteiger partial charge on any atom is -1.00 e. The van der Waals surface area contributed by atoms with Crippen molar-refractivity contribution in [2.24, 2.45) is 11.8 Å². The first kappa shape index (κ1) is 30.2. The van der Waals surface area contributed by atoms with E-state index in [0.29, 0.717) is 30.8 Å². The number of allylic oxidation sites excluding steroid dienone is 1. The number of amides is 1. The fourth-order valence-electron chi connectivity index (χ4n) is 6.38. The Morgan fingerprint density at radius 2 is 2.03 bits per heavy atom. The van der Waals surface area contributed by atoms with Crippen LogP contribution in [0.3, 0.4) is 0 Å². The molecule has 0 unspecified atom stereocenters. The quantitative estimate of drug-likeness (QED) is 0.171. The van der Waals surface area contributed by atoms with E-state index in [1.807, 2.05) is 18.2 Å². The van der Waals surface area contributed by atoms with Crippen molar-refractivity contribution in [3.05, 3.63) is 35.5 Å². The predicted octanol–water partition coefficient (Wildman–Crippen LogP) is 2.60. The van der Waals surface area contributed by atoms with Gasteiger partial charge in [0.25, 0.3) is 8.32 Å². The number of carbonyl (C=O) groups is 1. The van der Waals surface area contributed by atoms with Gasteiger partial charge >= 0.3 is 6.08 Å². The maximum absolute atomic E-state index is 13.9. The number of anilines is 1. The van der Waals surface area contributed by atoms with E-state index < -0.39 is 17.5 Å². The smallest absolute Gasteiger partial charge is 0.541 e. The molecule has 6 rings (SSSR count). The Bertz CT molecular complexity index is 1170. The molecule has 210 valence electrons. The van der Waals surface area contributed by atoms with E-state index in [9.17, 15) is 4.79 Å². The molecule has 2 saturated heterocycles. The Balaban J connectivity index is 0.00000336. The highest BCUT2D eigenvalue weighted by Gasteiger charge is 2.64. The Morgan fingerprint density at radius 1 is 1.29 bits per heavy atom. The standard InChI is InChI=1S/C26H33Cl3N2O5Si.HI/c1-6-15-12-31(24(36-37(3,4)5)35-14-26(27,28)29)21-11-25(22-10-17(15)18(21)13-34-22)19-8-7-16(33-2)9-20(19)30-23(25)32;/h7-9,12,17-18,21-22H,6,10-11,13-14H2,1-5H3;1H/t17-,18-,21-,22+,25-;/m0./s1. The fourth-order valence-corrected chi connectivity index (χ4v) is 7.23. The van der Waals surface area contributed by atoms with E-state index in [-0.39, 0.29) is 54.6 Å². The van der Waals surface area contributed by atoms with Crippen molar-refractivity contribution >= 4 is 60.8 Å². The molecule has 38 heavy (non-hydrogen) atoms. The summed E-state index contributed by atoms with van der Waals surface area (Å²) in [4.78, 5) is 13.9. The molecular weight excluding hydrogens is 682 g/mol. The van der Waals surface area contributed by atoms with Gasteiger partial charge in [-0.1, -0.05) is 47.8 Å². The van der Waals surface area contributed by atoms with Crippen LogP contribution >= 0.6 is 34.8 Å². The molecule has 1 amide bonds. The number of nitrogens with zero attached hydrogens (tertiary/aromatic N) is 1. The fraction of sp³-hybridized carbons (Fsp3) is 0.615. The second-order valence-corrected chi connectivity index (χ2v) is 18.2. The molecule has 0 aromatic heterocycles. The Hall–Kier alpha value is -0.723. The van der Waals surface area contributed by atoms with E-state index in [4.69, 9.17) is 53.4 Å². The molecule has 1 aromatic carbocycles. The minimum atomic E-state index is -2.12. The summed E-state index contributed by atoms with van der Waals surface area (Å²) >= 11 is 18.2. The van der Waals surface area contributed by atoms with Crippen LogP contribution in [0.5, 0.6) is 5.75 Å². The molecule has 1 aliphatic carbocycles. The average molecular weight is 716 g/mol. The summed E-state index contributed by atoms with van der Waals surface area (Å²) in [5.41, 5.74) is 2.17. The highest BCUT2D eigenvalue weighted by atomic mass is 127. The molecule has 1 aromatic rings. The first-order valence-electron chi connectivity index (χ1n) is 12.7. The van der Waals surface area contributed by atoms with E-state index in [1.165, 1.54) is 5.57 Å². The number of benzene rings is 1. The molecular formula is C26H34Cl3IN2O5Si. The van der Waals surface area contributed by atoms with Crippen LogP contribution in [0.25, 0.3) is 0 Å². The third-order valence-corrected chi connectivity index (χ3v) is 9.04. The van der Waals surface area contributed by atoms with Crippen LogP contribution in [0.1, 0.15) is 31.7 Å². The number of hydrogen-bond donors (Lipinski definition) is 1. The van der Waals surface area contributed by atoms with Crippen LogP contribution in [0.4, 0.5) is 5.69 Å². The molecule has 4 aliphatic heterocycles. The molecule has 12 heteroatoms. The third kappa shape index (κ3) is 5.44. The van der Waals surface area contributed by atoms with Gasteiger partial charge in [-0.3, -0.25) is 4.79 Å². The predicted molar refractivity (Wildman–Crippen MR) is 147 cm³/mol. The Labute approximate surface area is 257 Å². The molecule has 4 bridgehead atoms. The number of halogens is 4. The van der Waals surface area contributed by atoms with E-state index in [2.05, 4.69) is 42.7 Å². The Kier molecular flexibility index (Phi) is 8.70. The van der Waals surface area contributed by atoms with Gasteiger partial charge in [-0.2, -0.15) is 0 Å². The van der Waals surface area contributed by atoms with Gasteiger partial charge in [0, 0.05) is 18.2 Å². The summed E-state index contributed by atoms with van der Waals surface area (Å²) in [5, 5.41) is 3.13. The number of ether oxygens (including phenoxy) is 3. The topological polar surface area (TPSA) is 69.0 Å². The number of hydrogen-bond acceptors (Lipinski definition) is 5. The lowest BCUT2D eigenvalue weighted by atomic mass is 9.72. The largest absolute Gasteiger partial charge is 1.00 e. The van der Waals surface area contributed by atoms with Crippen molar-refractivity contribution < 1.29 is 52.0 Å². The van der Waals surface area contributed by atoms with Crippen LogP contribution < -0.4 is 34.0 Å². The number of carbonyl (C=O) groups excluding carboxylic acids is 1. The highest BCUT2D eigenvalue weighted by Crippen LogP contribution is 2.56. The molecule has 1 spiro atoms. The van der Waals surface area contributed by atoms with Crippen LogP contribution in [-0.2, 0) is 24.1 Å². The number of fused-ring (bicyclic) bond motifs is 2. The zero-order chi connectivity index (χ0) is 26.8. The van der Waals surface area contributed by atoms with Crippen molar-refractivity contribution in [1.82, 2.24) is 0 Å². The van der Waals surface area contributed by atoms with Crippen molar-refractivity contribution in [2.75, 3.05) is 25.6 Å². The lowest BCUT2D eigenvalue weighted by molar-refractivity contribution is -0.537. The van der Waals surface area contributed by atoms with Crippen molar-refractivity contribution in [2.45, 2.75) is 67.2 Å². The molecule has 4 heterocycles. The molecule has 5 atom stereocenters. The van der Waals surface area contributed by atoms with Crippen LogP contribution in [-0.4, -0.2) is 61.1 Å². The number of nitrogens with one attached hydrogen (secondary N) is 1. The second-order valence-electron chi connectivity index (χ2n) is 11.3. The van der Waals surface area contributed by atoms with E-state index in [0.717, 1.165) is 24.1 Å². The van der Waals surface area contributed by atoms with Gasteiger partial charge in [-0.25, -0.2) is 0 Å². The summed E-state index contributed by atoms with van der Waals surface area (Å²) in [6.45, 7) is 8.81. The van der Waals surface area contributed by atoms with Gasteiger partial charge < -0.3 is 47.9 Å². The van der Waals surface area contributed by atoms with E-state index in [1.54, 1.807) is 7.11 Å². The zero-order valence-electron chi connectivity index (χ0n) is 22.2. The number of alkyl halides is 3. The first-order chi connectivity index (χ1) is 17.4. The van der Waals surface area contributed by atoms with Crippen molar-refractivity contribution in [3.63, 3.8) is 0 Å². The first-order valence-corrected chi connectivity index (χ1v) is 17.3. The lowest BCUT2D eigenvalue weighted by Gasteiger charge is -2.39. The summed E-state index contributed by atoms with van der Waals surface area (Å²) in [6, 6.07) is 5.69. The monoisotopic (exact) mass is 714 g/mol. The van der Waals surface area contributed by atoms with Crippen LogP contribution in [0.2, 0.25) is 19.6 Å². The maximum atomic E-state index is 13.9. The molecule has 1 N–H and O–H groups in total. The normalized spacial score (nSPS) is 31.1. The summed E-state index contributed by atoms with van der Waals surface area (Å²) in [7, 11) is -0.495. The van der Waals surface area contributed by atoms with Gasteiger partial charge in [-0.15, -0.1) is 4.58 Å². The molecule has 5 aliphatic rings. The van der Waals surface area contributed by atoms with Crippen LogP contribution in [0.15, 0.2) is 30.0 Å². The maximum Gasteiger partial charge on any atom is 0.541 e. The van der Waals surface area contributed by atoms with Crippen molar-refractivity contribution in [3.8, 4) is 5.75 Å². The highest BCUT2D eigenvalue weighted by molar-refractivity contribution is 6.71.